The van der Waals surface area contributed by atoms with Gasteiger partial charge < -0.3 is 5.11 Å². The van der Waals surface area contributed by atoms with Crippen molar-refractivity contribution in [1.29, 1.82) is 0 Å². The third-order valence-electron chi connectivity index (χ3n) is 2.74. The van der Waals surface area contributed by atoms with Gasteiger partial charge in [0.05, 0.1) is 6.42 Å². The van der Waals surface area contributed by atoms with Crippen molar-refractivity contribution in [3.05, 3.63) is 35.6 Å². The molecule has 3 rings (SSSR count). The number of pyridine rings is 1. The maximum absolute atomic E-state index is 10.7. The summed E-state index contributed by atoms with van der Waals surface area (Å²) in [4.78, 5) is 15.5. The minimum atomic E-state index is -0.810. The quantitative estimate of drug-likeness (QED) is 0.785. The molecular weight excluding hydrogens is 264 g/mol. The second-order valence-corrected chi connectivity index (χ2v) is 4.84. The predicted molar refractivity (Wildman–Crippen MR) is 70.1 cm³/mol. The van der Waals surface area contributed by atoms with Crippen LogP contribution in [0.3, 0.4) is 0 Å². The van der Waals surface area contributed by atoms with E-state index in [0.29, 0.717) is 12.2 Å². The number of carboxylic acid groups (broad SMARTS) is 1. The Morgan fingerprint density at radius 1 is 1.42 bits per heavy atom. The van der Waals surface area contributed by atoms with Crippen LogP contribution in [0.1, 0.15) is 12.1 Å². The molecule has 0 aliphatic rings. The first-order valence-corrected chi connectivity index (χ1v) is 6.57. The molecule has 96 valence electrons. The van der Waals surface area contributed by atoms with Gasteiger partial charge in [0, 0.05) is 29.0 Å². The maximum atomic E-state index is 10.7. The van der Waals surface area contributed by atoms with E-state index in [0.717, 1.165) is 16.2 Å². The zero-order valence-corrected chi connectivity index (χ0v) is 10.7. The fourth-order valence-electron chi connectivity index (χ4n) is 1.87. The van der Waals surface area contributed by atoms with Crippen molar-refractivity contribution in [1.82, 2.24) is 19.6 Å². The summed E-state index contributed by atoms with van der Waals surface area (Å²) < 4.78 is 1.89. The van der Waals surface area contributed by atoms with E-state index in [1.807, 2.05) is 21.9 Å². The smallest absolute Gasteiger partial charge is 0.303 e. The molecule has 0 fully saturated rings. The van der Waals surface area contributed by atoms with E-state index in [9.17, 15) is 4.79 Å². The standard InChI is InChI=1S/C12H10N4O2S/c17-10(18)4-3-9-7-19-12-15-14-11(16(9)12)8-2-1-5-13-6-8/h1-2,5-7H,3-4H2,(H,17,18). The predicted octanol–water partition coefficient (Wildman–Crippen LogP) is 1.87. The highest BCUT2D eigenvalue weighted by Gasteiger charge is 2.14. The molecule has 0 amide bonds. The summed E-state index contributed by atoms with van der Waals surface area (Å²) in [5.41, 5.74) is 1.77. The van der Waals surface area contributed by atoms with Crippen LogP contribution in [-0.4, -0.2) is 30.7 Å². The van der Waals surface area contributed by atoms with Crippen molar-refractivity contribution < 1.29 is 9.90 Å². The van der Waals surface area contributed by atoms with Crippen LogP contribution in [0.25, 0.3) is 16.3 Å². The molecule has 0 spiro atoms. The van der Waals surface area contributed by atoms with E-state index in [1.165, 1.54) is 11.3 Å². The van der Waals surface area contributed by atoms with Crippen LogP contribution < -0.4 is 0 Å². The highest BCUT2D eigenvalue weighted by Crippen LogP contribution is 2.23. The second kappa shape index (κ2) is 4.77. The molecule has 0 radical (unpaired) electrons. The third kappa shape index (κ3) is 2.19. The lowest BCUT2D eigenvalue weighted by molar-refractivity contribution is -0.136. The lowest BCUT2D eigenvalue weighted by atomic mass is 10.2. The number of carbonyl (C=O) groups is 1. The molecular formula is C12H10N4O2S. The Hall–Kier alpha value is -2.28. The molecule has 0 saturated heterocycles. The molecule has 0 bridgehead atoms. The molecule has 0 aliphatic heterocycles. The Morgan fingerprint density at radius 3 is 3.05 bits per heavy atom. The summed E-state index contributed by atoms with van der Waals surface area (Å²) >= 11 is 1.46. The summed E-state index contributed by atoms with van der Waals surface area (Å²) in [6.07, 6.45) is 3.97. The number of hydrogen-bond donors (Lipinski definition) is 1. The van der Waals surface area contributed by atoms with Crippen LogP contribution in [0.15, 0.2) is 29.9 Å². The van der Waals surface area contributed by atoms with Gasteiger partial charge in [0.2, 0.25) is 4.96 Å². The summed E-state index contributed by atoms with van der Waals surface area (Å²) in [5.74, 6) is -0.111. The van der Waals surface area contributed by atoms with Crippen LogP contribution in [0.4, 0.5) is 0 Å². The average Bonchev–Trinajstić information content (AvgIpc) is 2.99. The van der Waals surface area contributed by atoms with E-state index in [-0.39, 0.29) is 6.42 Å². The second-order valence-electron chi connectivity index (χ2n) is 4.00. The number of thiazole rings is 1. The normalized spacial score (nSPS) is 10.9. The molecule has 0 aromatic carbocycles. The van der Waals surface area contributed by atoms with E-state index >= 15 is 0 Å². The van der Waals surface area contributed by atoms with Gasteiger partial charge in [-0.15, -0.1) is 21.5 Å². The average molecular weight is 274 g/mol. The van der Waals surface area contributed by atoms with E-state index in [1.54, 1.807) is 12.4 Å². The fourth-order valence-corrected chi connectivity index (χ4v) is 2.73. The molecule has 0 aliphatic carbocycles. The van der Waals surface area contributed by atoms with E-state index < -0.39 is 5.97 Å². The Kier molecular flexibility index (Phi) is 2.96. The van der Waals surface area contributed by atoms with Crippen molar-refractivity contribution in [3.63, 3.8) is 0 Å². The van der Waals surface area contributed by atoms with Gasteiger partial charge in [-0.05, 0) is 18.6 Å². The zero-order chi connectivity index (χ0) is 13.2. The molecule has 19 heavy (non-hydrogen) atoms. The Labute approximate surface area is 112 Å². The lowest BCUT2D eigenvalue weighted by Crippen LogP contribution is -2.01. The molecule has 0 saturated carbocycles. The number of rotatable bonds is 4. The first-order chi connectivity index (χ1) is 9.25. The Morgan fingerprint density at radius 2 is 2.32 bits per heavy atom. The van der Waals surface area contributed by atoms with E-state index in [2.05, 4.69) is 15.2 Å². The topological polar surface area (TPSA) is 80.4 Å². The van der Waals surface area contributed by atoms with Gasteiger partial charge in [-0.25, -0.2) is 0 Å². The molecule has 3 heterocycles. The molecule has 3 aromatic heterocycles. The highest BCUT2D eigenvalue weighted by atomic mass is 32.1. The van der Waals surface area contributed by atoms with Gasteiger partial charge >= 0.3 is 5.97 Å². The van der Waals surface area contributed by atoms with Gasteiger partial charge in [-0.3, -0.25) is 14.2 Å². The van der Waals surface area contributed by atoms with Gasteiger partial charge in [0.25, 0.3) is 0 Å². The van der Waals surface area contributed by atoms with Crippen molar-refractivity contribution >= 4 is 22.3 Å². The van der Waals surface area contributed by atoms with Gasteiger partial charge in [0.15, 0.2) is 5.82 Å². The van der Waals surface area contributed by atoms with Crippen LogP contribution in [-0.2, 0) is 11.2 Å². The van der Waals surface area contributed by atoms with Crippen molar-refractivity contribution in [3.8, 4) is 11.4 Å². The van der Waals surface area contributed by atoms with E-state index in [4.69, 9.17) is 5.11 Å². The molecule has 1 N–H and O–H groups in total. The van der Waals surface area contributed by atoms with Crippen LogP contribution in [0, 0.1) is 0 Å². The summed E-state index contributed by atoms with van der Waals surface area (Å²) in [7, 11) is 0. The number of fused-ring (bicyclic) bond motifs is 1. The fraction of sp³-hybridized carbons (Fsp3) is 0.167. The monoisotopic (exact) mass is 274 g/mol. The first kappa shape index (κ1) is 11.8. The number of carboxylic acids is 1. The molecule has 0 unspecified atom stereocenters. The van der Waals surface area contributed by atoms with Gasteiger partial charge in [0.1, 0.15) is 0 Å². The maximum Gasteiger partial charge on any atom is 0.303 e. The lowest BCUT2D eigenvalue weighted by Gasteiger charge is -2.01. The summed E-state index contributed by atoms with van der Waals surface area (Å²) in [5, 5.41) is 18.9. The summed E-state index contributed by atoms with van der Waals surface area (Å²) in [6.45, 7) is 0. The van der Waals surface area contributed by atoms with Gasteiger partial charge in [-0.1, -0.05) is 0 Å². The number of aromatic nitrogens is 4. The van der Waals surface area contributed by atoms with Crippen LogP contribution >= 0.6 is 11.3 Å². The molecule has 0 atom stereocenters. The van der Waals surface area contributed by atoms with Crippen molar-refractivity contribution in [2.75, 3.05) is 0 Å². The minimum Gasteiger partial charge on any atom is -0.481 e. The van der Waals surface area contributed by atoms with Gasteiger partial charge in [-0.2, -0.15) is 0 Å². The van der Waals surface area contributed by atoms with Crippen LogP contribution in [0.5, 0.6) is 0 Å². The van der Waals surface area contributed by atoms with Crippen molar-refractivity contribution in [2.45, 2.75) is 12.8 Å². The highest BCUT2D eigenvalue weighted by molar-refractivity contribution is 7.15. The number of aryl methyl sites for hydroxylation is 1. The number of nitrogens with zero attached hydrogens (tertiary/aromatic N) is 4. The number of hydrogen-bond acceptors (Lipinski definition) is 5. The number of aliphatic carboxylic acids is 1. The first-order valence-electron chi connectivity index (χ1n) is 5.69. The zero-order valence-electron chi connectivity index (χ0n) is 9.85. The minimum absolute atomic E-state index is 0.0937. The summed E-state index contributed by atoms with van der Waals surface area (Å²) in [6, 6.07) is 3.74. The third-order valence-corrected chi connectivity index (χ3v) is 3.60. The van der Waals surface area contributed by atoms with Crippen molar-refractivity contribution in [2.24, 2.45) is 0 Å². The molecule has 3 aromatic rings. The largest absolute Gasteiger partial charge is 0.481 e. The van der Waals surface area contributed by atoms with Crippen LogP contribution in [0.2, 0.25) is 0 Å². The molecule has 7 heteroatoms. The molecule has 6 nitrogen and oxygen atoms in total. The Balaban J connectivity index is 2.06. The Bertz CT molecular complexity index is 720. The SMILES string of the molecule is O=C(O)CCc1csc2nnc(-c3cccnc3)n12.